The second-order valence-corrected chi connectivity index (χ2v) is 14.4. The fourth-order valence-corrected chi connectivity index (χ4v) is 10.5. The highest BCUT2D eigenvalue weighted by Gasteiger charge is 2.70. The number of H-pyrrole nitrogens is 1. The topological polar surface area (TPSA) is 126 Å². The number of hydrogen-bond donors (Lipinski definition) is 2. The number of aromatic nitrogens is 1. The Morgan fingerprint density at radius 2 is 1.80 bits per heavy atom. The number of imide groups is 1. The number of aromatic amines is 1. The van der Waals surface area contributed by atoms with Gasteiger partial charge in [0.1, 0.15) is 6.04 Å². The van der Waals surface area contributed by atoms with E-state index in [1.807, 2.05) is 18.2 Å². The van der Waals surface area contributed by atoms with E-state index < -0.39 is 29.8 Å². The lowest BCUT2D eigenvalue weighted by molar-refractivity contribution is -0.157. The highest BCUT2D eigenvalue weighted by molar-refractivity contribution is 8.00. The fourth-order valence-electron chi connectivity index (χ4n) is 7.63. The third-order valence-corrected chi connectivity index (χ3v) is 11.6. The molecule has 11 heteroatoms. The summed E-state index contributed by atoms with van der Waals surface area (Å²) in [6.07, 6.45) is 0.741. The first-order valence-electron chi connectivity index (χ1n) is 13.8. The molecule has 1 aromatic carbocycles. The molecule has 2 aliphatic heterocycles. The Kier molecular flexibility index (Phi) is 6.80. The van der Waals surface area contributed by atoms with Crippen LogP contribution >= 0.6 is 23.1 Å². The number of benzene rings is 1. The van der Waals surface area contributed by atoms with Gasteiger partial charge in [0.05, 0.1) is 30.6 Å². The van der Waals surface area contributed by atoms with Crippen LogP contribution in [0.5, 0.6) is 11.5 Å². The lowest BCUT2D eigenvalue weighted by Gasteiger charge is -2.43. The molecule has 9 nitrogen and oxygen atoms in total. The van der Waals surface area contributed by atoms with E-state index in [9.17, 15) is 24.3 Å². The Bertz CT molecular complexity index is 1430. The molecule has 4 aliphatic rings. The van der Waals surface area contributed by atoms with Gasteiger partial charge in [-0.25, -0.2) is 4.79 Å². The van der Waals surface area contributed by atoms with Crippen molar-refractivity contribution < 1.29 is 29.0 Å². The molecule has 3 heterocycles. The SMILES string of the molecule is COc1cc([C@H]2c3sc(=O)[nH]c3SC3C4CC(C5C(=O)N(C(C(=O)O)C(C)C)C(=O)C45)C32)ccc1OCC(C)C. The molecular formula is C29H34N2O7S2. The molecule has 1 saturated heterocycles. The standard InChI is InChI=1S/C29H34N2O7S2/c1-11(2)10-38-16-7-6-13(8-17(16)37-5)18-19-14-9-15(23(19)39-25-24(18)40-29(36)30-25)21-20(14)26(32)31(27(21)33)22(12(3)4)28(34)35/h6-8,11-12,14-15,18-23H,9-10H2,1-5H3,(H,30,36)(H,34,35)/t14?,15?,18-,19?,20?,21?,22?,23?/m1/s1. The van der Waals surface area contributed by atoms with Crippen molar-refractivity contribution in [2.45, 2.75) is 56.4 Å². The summed E-state index contributed by atoms with van der Waals surface area (Å²) in [7, 11) is 1.61. The number of thiazole rings is 1. The summed E-state index contributed by atoms with van der Waals surface area (Å²) in [6, 6.07) is 4.72. The zero-order valence-corrected chi connectivity index (χ0v) is 24.7. The number of carboxylic acid groups (broad SMARTS) is 1. The Labute approximate surface area is 240 Å². The van der Waals surface area contributed by atoms with E-state index in [2.05, 4.69) is 18.8 Å². The Morgan fingerprint density at radius 1 is 1.10 bits per heavy atom. The van der Waals surface area contributed by atoms with Crippen molar-refractivity contribution in [3.63, 3.8) is 0 Å². The number of methoxy groups -OCH3 is 1. The van der Waals surface area contributed by atoms with Gasteiger partial charge in [0.25, 0.3) is 0 Å². The average Bonchev–Trinajstić information content (AvgIpc) is 3.62. The largest absolute Gasteiger partial charge is 0.493 e. The predicted octanol–water partition coefficient (Wildman–Crippen LogP) is 4.06. The molecule has 0 spiro atoms. The van der Waals surface area contributed by atoms with Crippen LogP contribution in [0.25, 0.3) is 0 Å². The number of carbonyl (C=O) groups excluding carboxylic acids is 2. The molecule has 2 bridgehead atoms. The highest BCUT2D eigenvalue weighted by Crippen LogP contribution is 2.68. The maximum Gasteiger partial charge on any atom is 0.327 e. The lowest BCUT2D eigenvalue weighted by Crippen LogP contribution is -2.49. The van der Waals surface area contributed by atoms with E-state index in [0.717, 1.165) is 26.8 Å². The Hall–Kier alpha value is -2.79. The molecule has 2 saturated carbocycles. The van der Waals surface area contributed by atoms with Gasteiger partial charge in [-0.1, -0.05) is 45.1 Å². The van der Waals surface area contributed by atoms with Gasteiger partial charge in [0.2, 0.25) is 11.8 Å². The number of ether oxygens (including phenoxy) is 2. The fraction of sp³-hybridized carbons (Fsp3) is 0.586. The van der Waals surface area contributed by atoms with Crippen LogP contribution in [-0.2, 0) is 14.4 Å². The number of nitrogens with one attached hydrogen (secondary N) is 1. The first-order valence-corrected chi connectivity index (χ1v) is 15.5. The molecule has 1 aromatic heterocycles. The molecule has 2 N–H and O–H groups in total. The third kappa shape index (κ3) is 4.02. The van der Waals surface area contributed by atoms with Gasteiger partial charge in [0.15, 0.2) is 11.5 Å². The Balaban J connectivity index is 1.41. The normalized spacial score (nSPS) is 31.0. The van der Waals surface area contributed by atoms with Gasteiger partial charge in [-0.15, -0.1) is 11.8 Å². The number of hydrogen-bond acceptors (Lipinski definition) is 8. The second-order valence-electron chi connectivity index (χ2n) is 12.1. The maximum absolute atomic E-state index is 13.8. The van der Waals surface area contributed by atoms with Crippen molar-refractivity contribution in [1.82, 2.24) is 9.88 Å². The summed E-state index contributed by atoms with van der Waals surface area (Å²) in [4.78, 5) is 57.0. The quantitative estimate of drug-likeness (QED) is 0.444. The molecule has 3 fully saturated rings. The van der Waals surface area contributed by atoms with Gasteiger partial charge < -0.3 is 19.6 Å². The van der Waals surface area contributed by atoms with Crippen LogP contribution in [0.1, 0.15) is 50.5 Å². The van der Waals surface area contributed by atoms with E-state index in [-0.39, 0.29) is 45.6 Å². The van der Waals surface area contributed by atoms with Crippen molar-refractivity contribution in [3.05, 3.63) is 38.3 Å². The molecule has 2 aromatic rings. The molecule has 7 unspecified atom stereocenters. The van der Waals surface area contributed by atoms with Crippen LogP contribution in [0.2, 0.25) is 0 Å². The molecular weight excluding hydrogens is 552 g/mol. The number of aliphatic carboxylic acids is 1. The number of thioether (sulfide) groups is 1. The molecule has 2 aliphatic carbocycles. The summed E-state index contributed by atoms with van der Waals surface area (Å²) in [5.41, 5.74) is 0.976. The minimum Gasteiger partial charge on any atom is -0.493 e. The van der Waals surface area contributed by atoms with E-state index in [4.69, 9.17) is 9.47 Å². The van der Waals surface area contributed by atoms with Crippen LogP contribution in [0.4, 0.5) is 0 Å². The van der Waals surface area contributed by atoms with E-state index in [0.29, 0.717) is 24.0 Å². The van der Waals surface area contributed by atoms with Gasteiger partial charge in [-0.3, -0.25) is 19.3 Å². The number of rotatable bonds is 8. The number of likely N-dealkylation sites (tertiary alicyclic amines) is 1. The molecule has 6 rings (SSSR count). The first-order chi connectivity index (χ1) is 19.0. The number of fused-ring (bicyclic) bond motifs is 9. The van der Waals surface area contributed by atoms with Gasteiger partial charge in [0, 0.05) is 16.0 Å². The number of amides is 2. The number of carbonyl (C=O) groups is 3. The van der Waals surface area contributed by atoms with Gasteiger partial charge in [-0.05, 0) is 53.7 Å². The smallest absolute Gasteiger partial charge is 0.327 e. The minimum atomic E-state index is -1.17. The molecule has 2 amide bonds. The van der Waals surface area contributed by atoms with Gasteiger partial charge >= 0.3 is 10.8 Å². The molecule has 0 radical (unpaired) electrons. The summed E-state index contributed by atoms with van der Waals surface area (Å²) >= 11 is 2.81. The van der Waals surface area contributed by atoms with Crippen LogP contribution in [0.3, 0.4) is 0 Å². The maximum atomic E-state index is 13.8. The third-order valence-electron chi connectivity index (χ3n) is 9.04. The molecule has 40 heavy (non-hydrogen) atoms. The van der Waals surface area contributed by atoms with Crippen molar-refractivity contribution in [2.24, 2.45) is 41.4 Å². The molecule has 8 atom stereocenters. The van der Waals surface area contributed by atoms with Gasteiger partial charge in [-0.2, -0.15) is 0 Å². The summed E-state index contributed by atoms with van der Waals surface area (Å²) in [6.45, 7) is 8.16. The first kappa shape index (κ1) is 27.4. The second kappa shape index (κ2) is 9.94. The summed E-state index contributed by atoms with van der Waals surface area (Å²) in [5.74, 6) is -1.99. The minimum absolute atomic E-state index is 0.0152. The highest BCUT2D eigenvalue weighted by atomic mass is 32.2. The number of carboxylic acids is 1. The van der Waals surface area contributed by atoms with E-state index in [1.165, 1.54) is 11.3 Å². The number of nitrogens with zero attached hydrogens (tertiary/aromatic N) is 1. The summed E-state index contributed by atoms with van der Waals surface area (Å²) < 4.78 is 11.7. The van der Waals surface area contributed by atoms with Crippen LogP contribution < -0.4 is 14.3 Å². The van der Waals surface area contributed by atoms with Crippen molar-refractivity contribution in [3.8, 4) is 11.5 Å². The Morgan fingerprint density at radius 3 is 2.42 bits per heavy atom. The van der Waals surface area contributed by atoms with Crippen LogP contribution in [0.15, 0.2) is 28.0 Å². The predicted molar refractivity (Wildman–Crippen MR) is 150 cm³/mol. The van der Waals surface area contributed by atoms with Crippen molar-refractivity contribution >= 4 is 40.9 Å². The zero-order valence-electron chi connectivity index (χ0n) is 23.1. The van der Waals surface area contributed by atoms with Crippen molar-refractivity contribution in [2.75, 3.05) is 13.7 Å². The molecule has 214 valence electrons. The lowest BCUT2D eigenvalue weighted by atomic mass is 9.68. The summed E-state index contributed by atoms with van der Waals surface area (Å²) in [5, 5.41) is 10.7. The van der Waals surface area contributed by atoms with Crippen LogP contribution in [-0.4, -0.2) is 57.8 Å². The van der Waals surface area contributed by atoms with E-state index in [1.54, 1.807) is 32.7 Å². The van der Waals surface area contributed by atoms with Crippen LogP contribution in [0, 0.1) is 41.4 Å². The zero-order chi connectivity index (χ0) is 28.6. The monoisotopic (exact) mass is 586 g/mol. The van der Waals surface area contributed by atoms with Crippen molar-refractivity contribution in [1.29, 1.82) is 0 Å². The van der Waals surface area contributed by atoms with E-state index >= 15 is 0 Å². The average molecular weight is 587 g/mol.